The third-order valence-corrected chi connectivity index (χ3v) is 3.83. The molecule has 7 nitrogen and oxygen atoms in total. The molecule has 0 saturated heterocycles. The minimum absolute atomic E-state index is 0.0461. The summed E-state index contributed by atoms with van der Waals surface area (Å²) in [5.74, 6) is 0.366. The number of aryl methyl sites for hydroxylation is 1. The first-order chi connectivity index (χ1) is 12.6. The van der Waals surface area contributed by atoms with Crippen LogP contribution in [0.4, 0.5) is 5.69 Å². The highest BCUT2D eigenvalue weighted by Crippen LogP contribution is 2.30. The Morgan fingerprint density at radius 1 is 0.962 bits per heavy atom. The summed E-state index contributed by atoms with van der Waals surface area (Å²) < 4.78 is 11.1. The number of fused-ring (bicyclic) bond motifs is 1. The molecule has 0 aliphatic carbocycles. The van der Waals surface area contributed by atoms with E-state index >= 15 is 0 Å². The van der Waals surface area contributed by atoms with Gasteiger partial charge in [-0.05, 0) is 37.3 Å². The Bertz CT molecular complexity index is 790. The molecular weight excluding hydrogens is 334 g/mol. The predicted molar refractivity (Wildman–Crippen MR) is 97.3 cm³/mol. The summed E-state index contributed by atoms with van der Waals surface area (Å²) >= 11 is 0. The molecule has 0 fully saturated rings. The lowest BCUT2D eigenvalue weighted by atomic mass is 10.2. The Kier molecular flexibility index (Phi) is 5.58. The van der Waals surface area contributed by atoms with E-state index in [9.17, 15) is 9.59 Å². The standard InChI is InChI=1S/C19H21N3O4/c1-13-3-6-15(7-4-13)20-12-18(23)21-22-19(24)14-5-8-16-17(11-14)26-10-2-9-25-16/h3-8,11,20H,2,9-10,12H2,1H3,(H,21,23)(H,22,24). The van der Waals surface area contributed by atoms with Gasteiger partial charge in [0.05, 0.1) is 19.8 Å². The first-order valence-electron chi connectivity index (χ1n) is 8.41. The lowest BCUT2D eigenvalue weighted by molar-refractivity contribution is -0.120. The number of amides is 2. The third-order valence-electron chi connectivity index (χ3n) is 3.83. The highest BCUT2D eigenvalue weighted by molar-refractivity contribution is 5.96. The molecule has 1 aliphatic heterocycles. The normalized spacial score (nSPS) is 12.7. The molecule has 3 N–H and O–H groups in total. The minimum atomic E-state index is -0.427. The number of benzene rings is 2. The summed E-state index contributed by atoms with van der Waals surface area (Å²) in [7, 11) is 0. The van der Waals surface area contributed by atoms with Crippen molar-refractivity contribution in [1.82, 2.24) is 10.9 Å². The van der Waals surface area contributed by atoms with Gasteiger partial charge in [0, 0.05) is 17.7 Å². The molecule has 2 aromatic rings. The lowest BCUT2D eigenvalue weighted by Crippen LogP contribution is -2.44. The van der Waals surface area contributed by atoms with Gasteiger partial charge in [0.15, 0.2) is 11.5 Å². The van der Waals surface area contributed by atoms with E-state index in [-0.39, 0.29) is 12.5 Å². The van der Waals surface area contributed by atoms with Gasteiger partial charge in [-0.2, -0.15) is 0 Å². The first-order valence-corrected chi connectivity index (χ1v) is 8.41. The zero-order chi connectivity index (χ0) is 18.4. The molecule has 0 spiro atoms. The fraction of sp³-hybridized carbons (Fsp3) is 0.263. The van der Waals surface area contributed by atoms with E-state index < -0.39 is 5.91 Å². The van der Waals surface area contributed by atoms with Crippen LogP contribution in [-0.2, 0) is 4.79 Å². The van der Waals surface area contributed by atoms with Gasteiger partial charge in [-0.3, -0.25) is 20.4 Å². The highest BCUT2D eigenvalue weighted by atomic mass is 16.5. The van der Waals surface area contributed by atoms with E-state index in [1.807, 2.05) is 31.2 Å². The van der Waals surface area contributed by atoms with Crippen molar-refractivity contribution in [3.63, 3.8) is 0 Å². The SMILES string of the molecule is Cc1ccc(NCC(=O)NNC(=O)c2ccc3c(c2)OCCCO3)cc1. The Hall–Kier alpha value is -3.22. The average Bonchev–Trinajstić information content (AvgIpc) is 2.90. The molecule has 1 heterocycles. The van der Waals surface area contributed by atoms with Crippen LogP contribution in [0.1, 0.15) is 22.3 Å². The van der Waals surface area contributed by atoms with Gasteiger partial charge in [0.1, 0.15) is 0 Å². The molecule has 0 radical (unpaired) electrons. The Morgan fingerprint density at radius 2 is 1.69 bits per heavy atom. The maximum Gasteiger partial charge on any atom is 0.269 e. The van der Waals surface area contributed by atoms with Crippen LogP contribution < -0.4 is 25.6 Å². The number of carbonyl (C=O) groups excluding carboxylic acids is 2. The van der Waals surface area contributed by atoms with Gasteiger partial charge >= 0.3 is 0 Å². The topological polar surface area (TPSA) is 88.7 Å². The number of ether oxygens (including phenoxy) is 2. The summed E-state index contributed by atoms with van der Waals surface area (Å²) in [6.45, 7) is 3.16. The van der Waals surface area contributed by atoms with Gasteiger partial charge in [0.2, 0.25) is 0 Å². The van der Waals surface area contributed by atoms with Crippen LogP contribution in [-0.4, -0.2) is 31.6 Å². The average molecular weight is 355 g/mol. The number of hydrazine groups is 1. The monoisotopic (exact) mass is 355 g/mol. The van der Waals surface area contributed by atoms with Crippen molar-refractivity contribution < 1.29 is 19.1 Å². The number of nitrogens with one attached hydrogen (secondary N) is 3. The molecule has 136 valence electrons. The van der Waals surface area contributed by atoms with Gasteiger partial charge in [-0.1, -0.05) is 17.7 Å². The molecule has 0 bridgehead atoms. The van der Waals surface area contributed by atoms with E-state index in [2.05, 4.69) is 16.2 Å². The molecule has 0 saturated carbocycles. The van der Waals surface area contributed by atoms with Crippen LogP contribution >= 0.6 is 0 Å². The van der Waals surface area contributed by atoms with E-state index in [1.54, 1.807) is 18.2 Å². The molecule has 2 aromatic carbocycles. The predicted octanol–water partition coefficient (Wildman–Crippen LogP) is 2.03. The fourth-order valence-corrected chi connectivity index (χ4v) is 2.40. The fourth-order valence-electron chi connectivity index (χ4n) is 2.40. The van der Waals surface area contributed by atoms with Crippen LogP contribution in [0, 0.1) is 6.92 Å². The van der Waals surface area contributed by atoms with Gasteiger partial charge in [-0.15, -0.1) is 0 Å². The summed E-state index contributed by atoms with van der Waals surface area (Å²) in [6, 6.07) is 12.6. The van der Waals surface area contributed by atoms with E-state index in [0.717, 1.165) is 17.7 Å². The van der Waals surface area contributed by atoms with Crippen molar-refractivity contribution in [2.45, 2.75) is 13.3 Å². The number of hydrogen-bond acceptors (Lipinski definition) is 5. The van der Waals surface area contributed by atoms with Crippen LogP contribution in [0.15, 0.2) is 42.5 Å². The van der Waals surface area contributed by atoms with Gasteiger partial charge in [-0.25, -0.2) is 0 Å². The van der Waals surface area contributed by atoms with Gasteiger partial charge in [0.25, 0.3) is 11.8 Å². The zero-order valence-corrected chi connectivity index (χ0v) is 14.5. The van der Waals surface area contributed by atoms with Crippen molar-refractivity contribution in [2.24, 2.45) is 0 Å². The molecule has 2 amide bonds. The number of carbonyl (C=O) groups is 2. The molecule has 7 heteroatoms. The molecular formula is C19H21N3O4. The second-order valence-electron chi connectivity index (χ2n) is 5.93. The first kappa shape index (κ1) is 17.6. The van der Waals surface area contributed by atoms with Crippen molar-refractivity contribution in [1.29, 1.82) is 0 Å². The van der Waals surface area contributed by atoms with Crippen LogP contribution in [0.3, 0.4) is 0 Å². The molecule has 26 heavy (non-hydrogen) atoms. The second kappa shape index (κ2) is 8.24. The van der Waals surface area contributed by atoms with Crippen molar-refractivity contribution in [3.8, 4) is 11.5 Å². The summed E-state index contributed by atoms with van der Waals surface area (Å²) in [4.78, 5) is 24.1. The number of rotatable bonds is 4. The largest absolute Gasteiger partial charge is 0.490 e. The quantitative estimate of drug-likeness (QED) is 0.731. The van der Waals surface area contributed by atoms with E-state index in [4.69, 9.17) is 9.47 Å². The smallest absolute Gasteiger partial charge is 0.269 e. The number of anilines is 1. The van der Waals surface area contributed by atoms with Crippen LogP contribution in [0.25, 0.3) is 0 Å². The van der Waals surface area contributed by atoms with E-state index in [1.165, 1.54) is 0 Å². The second-order valence-corrected chi connectivity index (χ2v) is 5.93. The molecule has 0 aromatic heterocycles. The highest BCUT2D eigenvalue weighted by Gasteiger charge is 2.14. The van der Waals surface area contributed by atoms with Crippen molar-refractivity contribution >= 4 is 17.5 Å². The summed E-state index contributed by atoms with van der Waals surface area (Å²) in [5, 5.41) is 2.98. The summed E-state index contributed by atoms with van der Waals surface area (Å²) in [6.07, 6.45) is 0.792. The zero-order valence-electron chi connectivity index (χ0n) is 14.5. The molecule has 0 atom stereocenters. The molecule has 0 unspecified atom stereocenters. The Labute approximate surface area is 151 Å². The van der Waals surface area contributed by atoms with E-state index in [0.29, 0.717) is 30.3 Å². The molecule has 1 aliphatic rings. The van der Waals surface area contributed by atoms with Crippen LogP contribution in [0.2, 0.25) is 0 Å². The van der Waals surface area contributed by atoms with Crippen molar-refractivity contribution in [3.05, 3.63) is 53.6 Å². The minimum Gasteiger partial charge on any atom is -0.490 e. The Balaban J connectivity index is 1.49. The summed E-state index contributed by atoms with van der Waals surface area (Å²) in [5.41, 5.74) is 7.12. The maximum atomic E-state index is 12.2. The van der Waals surface area contributed by atoms with Crippen LogP contribution in [0.5, 0.6) is 11.5 Å². The Morgan fingerprint density at radius 3 is 2.46 bits per heavy atom. The van der Waals surface area contributed by atoms with Crippen molar-refractivity contribution in [2.75, 3.05) is 25.1 Å². The lowest BCUT2D eigenvalue weighted by Gasteiger charge is -2.11. The molecule has 3 rings (SSSR count). The number of hydrogen-bond donors (Lipinski definition) is 3. The third kappa shape index (κ3) is 4.66. The van der Waals surface area contributed by atoms with Gasteiger partial charge < -0.3 is 14.8 Å². The maximum absolute atomic E-state index is 12.2.